The van der Waals surface area contributed by atoms with Gasteiger partial charge in [0.25, 0.3) is 0 Å². The Bertz CT molecular complexity index is 299. The molecule has 0 amide bonds. The third-order valence-electron chi connectivity index (χ3n) is 4.81. The van der Waals surface area contributed by atoms with E-state index in [2.05, 4.69) is 30.8 Å². The average Bonchev–Trinajstić information content (AvgIpc) is 3.20. The van der Waals surface area contributed by atoms with E-state index in [-0.39, 0.29) is 0 Å². The van der Waals surface area contributed by atoms with Crippen molar-refractivity contribution < 1.29 is 0 Å². The molecule has 2 aliphatic carbocycles. The SMILES string of the molecule is CN(C(N)=NCC(C)(C)C1CCCCC1)C1CC1. The van der Waals surface area contributed by atoms with Crippen LogP contribution in [0.15, 0.2) is 4.99 Å². The smallest absolute Gasteiger partial charge is 0.191 e. The molecule has 0 aromatic heterocycles. The lowest BCUT2D eigenvalue weighted by molar-refractivity contribution is 0.167. The van der Waals surface area contributed by atoms with Gasteiger partial charge in [0.2, 0.25) is 0 Å². The van der Waals surface area contributed by atoms with Gasteiger partial charge >= 0.3 is 0 Å². The van der Waals surface area contributed by atoms with Crippen LogP contribution in [0.1, 0.15) is 58.8 Å². The van der Waals surface area contributed by atoms with Crippen LogP contribution in [-0.4, -0.2) is 30.5 Å². The van der Waals surface area contributed by atoms with Crippen molar-refractivity contribution in [3.05, 3.63) is 0 Å². The standard InChI is InChI=1S/C15H29N3/c1-15(2,12-7-5-4-6-8-12)11-17-14(16)18(3)13-9-10-13/h12-13H,4-11H2,1-3H3,(H2,16,17). The lowest BCUT2D eigenvalue weighted by Crippen LogP contribution is -2.37. The van der Waals surface area contributed by atoms with Crippen molar-refractivity contribution in [2.24, 2.45) is 22.1 Å². The second-order valence-corrected chi connectivity index (χ2v) is 6.84. The third kappa shape index (κ3) is 3.39. The number of rotatable bonds is 4. The Morgan fingerprint density at radius 1 is 1.17 bits per heavy atom. The van der Waals surface area contributed by atoms with Crippen LogP contribution in [0.4, 0.5) is 0 Å². The van der Waals surface area contributed by atoms with Crippen molar-refractivity contribution in [1.29, 1.82) is 0 Å². The monoisotopic (exact) mass is 251 g/mol. The molecule has 0 heterocycles. The zero-order valence-corrected chi connectivity index (χ0v) is 12.3. The first-order valence-electron chi connectivity index (χ1n) is 7.53. The van der Waals surface area contributed by atoms with E-state index in [4.69, 9.17) is 5.73 Å². The Morgan fingerprint density at radius 3 is 2.33 bits per heavy atom. The Balaban J connectivity index is 1.87. The van der Waals surface area contributed by atoms with Crippen molar-refractivity contribution in [3.63, 3.8) is 0 Å². The Labute approximate surface area is 112 Å². The van der Waals surface area contributed by atoms with Gasteiger partial charge in [-0.05, 0) is 37.0 Å². The first-order valence-corrected chi connectivity index (χ1v) is 7.53. The lowest BCUT2D eigenvalue weighted by atomic mass is 9.71. The van der Waals surface area contributed by atoms with Crippen LogP contribution in [-0.2, 0) is 0 Å². The van der Waals surface area contributed by atoms with E-state index in [0.29, 0.717) is 11.5 Å². The maximum Gasteiger partial charge on any atom is 0.191 e. The van der Waals surface area contributed by atoms with Gasteiger partial charge in [0.05, 0.1) is 0 Å². The Morgan fingerprint density at radius 2 is 1.78 bits per heavy atom. The molecular formula is C15H29N3. The van der Waals surface area contributed by atoms with Gasteiger partial charge in [-0.2, -0.15) is 0 Å². The number of hydrogen-bond donors (Lipinski definition) is 1. The van der Waals surface area contributed by atoms with Gasteiger partial charge in [-0.25, -0.2) is 0 Å². The highest BCUT2D eigenvalue weighted by molar-refractivity contribution is 5.78. The minimum Gasteiger partial charge on any atom is -0.370 e. The molecule has 0 saturated heterocycles. The molecule has 0 bridgehead atoms. The fraction of sp³-hybridized carbons (Fsp3) is 0.933. The first kappa shape index (κ1) is 13.7. The van der Waals surface area contributed by atoms with Crippen molar-refractivity contribution in [1.82, 2.24) is 4.90 Å². The zero-order valence-electron chi connectivity index (χ0n) is 12.3. The summed E-state index contributed by atoms with van der Waals surface area (Å²) < 4.78 is 0. The molecule has 0 aliphatic heterocycles. The molecule has 2 N–H and O–H groups in total. The average molecular weight is 251 g/mol. The predicted molar refractivity (Wildman–Crippen MR) is 77.6 cm³/mol. The Kier molecular flexibility index (Phi) is 4.18. The lowest BCUT2D eigenvalue weighted by Gasteiger charge is -2.36. The fourth-order valence-electron chi connectivity index (χ4n) is 3.06. The Hall–Kier alpha value is -0.730. The van der Waals surface area contributed by atoms with E-state index < -0.39 is 0 Å². The third-order valence-corrected chi connectivity index (χ3v) is 4.81. The summed E-state index contributed by atoms with van der Waals surface area (Å²) in [5.74, 6) is 1.57. The summed E-state index contributed by atoms with van der Waals surface area (Å²) in [4.78, 5) is 6.80. The molecule has 2 rings (SSSR count). The quantitative estimate of drug-likeness (QED) is 0.616. The highest BCUT2D eigenvalue weighted by atomic mass is 15.3. The molecule has 0 unspecified atom stereocenters. The van der Waals surface area contributed by atoms with Crippen LogP contribution >= 0.6 is 0 Å². The van der Waals surface area contributed by atoms with Gasteiger partial charge in [-0.1, -0.05) is 33.1 Å². The van der Waals surface area contributed by atoms with Gasteiger partial charge in [-0.15, -0.1) is 0 Å². The summed E-state index contributed by atoms with van der Waals surface area (Å²) in [6.45, 7) is 5.59. The van der Waals surface area contributed by atoms with Crippen molar-refractivity contribution in [2.45, 2.75) is 64.8 Å². The molecule has 3 heteroatoms. The summed E-state index contributed by atoms with van der Waals surface area (Å²) in [6.07, 6.45) is 9.52. The maximum atomic E-state index is 6.07. The molecule has 104 valence electrons. The fourth-order valence-corrected chi connectivity index (χ4v) is 3.06. The molecular weight excluding hydrogens is 222 g/mol. The van der Waals surface area contributed by atoms with Crippen molar-refractivity contribution in [3.8, 4) is 0 Å². The summed E-state index contributed by atoms with van der Waals surface area (Å²) >= 11 is 0. The summed E-state index contributed by atoms with van der Waals surface area (Å²) in [5, 5.41) is 0. The van der Waals surface area contributed by atoms with Crippen molar-refractivity contribution in [2.75, 3.05) is 13.6 Å². The van der Waals surface area contributed by atoms with Crippen LogP contribution in [0.5, 0.6) is 0 Å². The number of aliphatic imine (C=N–C) groups is 1. The molecule has 0 spiro atoms. The summed E-state index contributed by atoms with van der Waals surface area (Å²) in [6, 6.07) is 0.659. The minimum atomic E-state index is 0.301. The second-order valence-electron chi connectivity index (χ2n) is 6.84. The maximum absolute atomic E-state index is 6.07. The van der Waals surface area contributed by atoms with E-state index in [0.717, 1.165) is 18.4 Å². The first-order chi connectivity index (χ1) is 8.50. The summed E-state index contributed by atoms with van der Waals surface area (Å²) in [5.41, 5.74) is 6.37. The molecule has 2 saturated carbocycles. The van der Waals surface area contributed by atoms with E-state index in [1.165, 1.54) is 44.9 Å². The molecule has 2 aliphatic rings. The summed E-state index contributed by atoms with van der Waals surface area (Å²) in [7, 11) is 2.07. The molecule has 0 atom stereocenters. The second kappa shape index (κ2) is 5.50. The van der Waals surface area contributed by atoms with E-state index in [1.807, 2.05) is 0 Å². The molecule has 3 nitrogen and oxygen atoms in total. The highest BCUT2D eigenvalue weighted by Crippen LogP contribution is 2.38. The van der Waals surface area contributed by atoms with E-state index >= 15 is 0 Å². The van der Waals surface area contributed by atoms with Crippen LogP contribution in [0, 0.1) is 11.3 Å². The van der Waals surface area contributed by atoms with Gasteiger partial charge < -0.3 is 10.6 Å². The largest absolute Gasteiger partial charge is 0.370 e. The van der Waals surface area contributed by atoms with Gasteiger partial charge in [0.15, 0.2) is 5.96 Å². The minimum absolute atomic E-state index is 0.301. The zero-order chi connectivity index (χ0) is 13.2. The van der Waals surface area contributed by atoms with E-state index in [1.54, 1.807) is 0 Å². The topological polar surface area (TPSA) is 41.6 Å². The van der Waals surface area contributed by atoms with Crippen LogP contribution in [0.3, 0.4) is 0 Å². The van der Waals surface area contributed by atoms with Crippen LogP contribution in [0.25, 0.3) is 0 Å². The normalized spacial score (nSPS) is 23.2. The number of nitrogens with zero attached hydrogens (tertiary/aromatic N) is 2. The molecule has 18 heavy (non-hydrogen) atoms. The van der Waals surface area contributed by atoms with Crippen LogP contribution < -0.4 is 5.73 Å². The molecule has 0 aromatic rings. The predicted octanol–water partition coefficient (Wildman–Crippen LogP) is 3.00. The van der Waals surface area contributed by atoms with Crippen molar-refractivity contribution >= 4 is 5.96 Å². The number of hydrogen-bond acceptors (Lipinski definition) is 1. The van der Waals surface area contributed by atoms with E-state index in [9.17, 15) is 0 Å². The highest BCUT2D eigenvalue weighted by Gasteiger charge is 2.31. The molecule has 0 radical (unpaired) electrons. The number of guanidine groups is 1. The molecule has 0 aromatic carbocycles. The van der Waals surface area contributed by atoms with Gasteiger partial charge in [-0.3, -0.25) is 4.99 Å². The van der Waals surface area contributed by atoms with Gasteiger partial charge in [0.1, 0.15) is 0 Å². The van der Waals surface area contributed by atoms with Crippen LogP contribution in [0.2, 0.25) is 0 Å². The number of nitrogens with two attached hydrogens (primary N) is 1. The van der Waals surface area contributed by atoms with Gasteiger partial charge in [0, 0.05) is 19.6 Å². The molecule has 2 fully saturated rings.